The highest BCUT2D eigenvalue weighted by molar-refractivity contribution is 5.55. The standard InChI is InChI=1S/C11H17N/c1-4-7-9-8-10(9)11(5-2)12-6-3/h4-7,9-10H,8H2,1-3H3/b7-4-,11-5-,12-6?. The molecule has 2 unspecified atom stereocenters. The molecule has 1 fully saturated rings. The van der Waals surface area contributed by atoms with E-state index in [9.17, 15) is 0 Å². The maximum Gasteiger partial charge on any atom is 0.0393 e. The number of hydrogen-bond donors (Lipinski definition) is 0. The van der Waals surface area contributed by atoms with Crippen LogP contribution in [0.5, 0.6) is 0 Å². The highest BCUT2D eigenvalue weighted by atomic mass is 14.8. The molecule has 0 aromatic heterocycles. The minimum absolute atomic E-state index is 0.697. The van der Waals surface area contributed by atoms with Crippen molar-refractivity contribution in [1.29, 1.82) is 0 Å². The van der Waals surface area contributed by atoms with Crippen LogP contribution in [0.3, 0.4) is 0 Å². The van der Waals surface area contributed by atoms with E-state index in [0.29, 0.717) is 5.92 Å². The summed E-state index contributed by atoms with van der Waals surface area (Å²) in [6, 6.07) is 0. The van der Waals surface area contributed by atoms with Crippen molar-refractivity contribution in [2.24, 2.45) is 16.8 Å². The van der Waals surface area contributed by atoms with Gasteiger partial charge in [-0.25, -0.2) is 0 Å². The molecule has 0 aromatic rings. The van der Waals surface area contributed by atoms with Crippen LogP contribution in [-0.4, -0.2) is 6.21 Å². The van der Waals surface area contributed by atoms with Gasteiger partial charge < -0.3 is 0 Å². The quantitative estimate of drug-likeness (QED) is 0.447. The van der Waals surface area contributed by atoms with Crippen molar-refractivity contribution in [3.63, 3.8) is 0 Å². The Morgan fingerprint density at radius 2 is 2.08 bits per heavy atom. The van der Waals surface area contributed by atoms with Crippen molar-refractivity contribution in [1.82, 2.24) is 0 Å². The maximum atomic E-state index is 4.34. The molecular weight excluding hydrogens is 146 g/mol. The lowest BCUT2D eigenvalue weighted by molar-refractivity contribution is 0.904. The first-order chi connectivity index (χ1) is 5.83. The van der Waals surface area contributed by atoms with E-state index in [2.05, 4.69) is 37.1 Å². The summed E-state index contributed by atoms with van der Waals surface area (Å²) >= 11 is 0. The largest absolute Gasteiger partial charge is 0.266 e. The molecule has 1 rings (SSSR count). The molecule has 0 radical (unpaired) electrons. The van der Waals surface area contributed by atoms with E-state index in [1.165, 1.54) is 12.1 Å². The lowest BCUT2D eigenvalue weighted by atomic mass is 10.2. The van der Waals surface area contributed by atoms with Crippen LogP contribution in [0.2, 0.25) is 0 Å². The molecule has 1 aliphatic carbocycles. The fourth-order valence-corrected chi connectivity index (χ4v) is 1.55. The Labute approximate surface area is 74.9 Å². The third-order valence-corrected chi connectivity index (χ3v) is 2.23. The van der Waals surface area contributed by atoms with Crippen molar-refractivity contribution >= 4 is 6.21 Å². The average Bonchev–Trinajstić information content (AvgIpc) is 2.81. The van der Waals surface area contributed by atoms with Crippen molar-refractivity contribution in [3.05, 3.63) is 23.9 Å². The molecule has 0 aromatic carbocycles. The van der Waals surface area contributed by atoms with E-state index in [4.69, 9.17) is 0 Å². The van der Waals surface area contributed by atoms with Crippen LogP contribution in [0.1, 0.15) is 27.2 Å². The number of aliphatic imine (C=N–C) groups is 1. The number of allylic oxidation sites excluding steroid dienone is 4. The van der Waals surface area contributed by atoms with E-state index in [1.54, 1.807) is 0 Å². The van der Waals surface area contributed by atoms with Gasteiger partial charge in [0.2, 0.25) is 0 Å². The third kappa shape index (κ3) is 2.07. The molecule has 12 heavy (non-hydrogen) atoms. The topological polar surface area (TPSA) is 12.4 Å². The summed E-state index contributed by atoms with van der Waals surface area (Å²) in [4.78, 5) is 4.34. The van der Waals surface area contributed by atoms with Crippen LogP contribution in [0, 0.1) is 11.8 Å². The molecule has 1 saturated carbocycles. The lowest BCUT2D eigenvalue weighted by Crippen LogP contribution is -1.83. The molecule has 2 atom stereocenters. The van der Waals surface area contributed by atoms with Crippen LogP contribution in [-0.2, 0) is 0 Å². The average molecular weight is 163 g/mol. The van der Waals surface area contributed by atoms with E-state index in [1.807, 2.05) is 13.1 Å². The Morgan fingerprint density at radius 1 is 1.33 bits per heavy atom. The number of nitrogens with zero attached hydrogens (tertiary/aromatic N) is 1. The van der Waals surface area contributed by atoms with Gasteiger partial charge in [0.15, 0.2) is 0 Å². The van der Waals surface area contributed by atoms with Gasteiger partial charge in [-0.15, -0.1) is 0 Å². The monoisotopic (exact) mass is 163 g/mol. The molecule has 66 valence electrons. The van der Waals surface area contributed by atoms with Crippen LogP contribution in [0.25, 0.3) is 0 Å². The maximum absolute atomic E-state index is 4.34. The summed E-state index contributed by atoms with van der Waals surface area (Å²) in [5.41, 5.74) is 1.25. The van der Waals surface area contributed by atoms with Gasteiger partial charge in [0, 0.05) is 17.8 Å². The molecular formula is C11H17N. The van der Waals surface area contributed by atoms with Gasteiger partial charge in [-0.2, -0.15) is 0 Å². The second-order valence-corrected chi connectivity index (χ2v) is 3.13. The van der Waals surface area contributed by atoms with E-state index >= 15 is 0 Å². The van der Waals surface area contributed by atoms with Gasteiger partial charge in [0.25, 0.3) is 0 Å². The van der Waals surface area contributed by atoms with Gasteiger partial charge in [0.05, 0.1) is 0 Å². The molecule has 0 spiro atoms. The second kappa shape index (κ2) is 4.24. The van der Waals surface area contributed by atoms with Gasteiger partial charge in [-0.3, -0.25) is 4.99 Å². The van der Waals surface area contributed by atoms with Crippen LogP contribution >= 0.6 is 0 Å². The van der Waals surface area contributed by atoms with Crippen molar-refractivity contribution in [2.45, 2.75) is 27.2 Å². The van der Waals surface area contributed by atoms with Crippen molar-refractivity contribution < 1.29 is 0 Å². The SMILES string of the molecule is CC=N/C(=C\C)C1CC1/C=C\C. The summed E-state index contributed by atoms with van der Waals surface area (Å²) in [5, 5.41) is 0. The second-order valence-electron chi connectivity index (χ2n) is 3.13. The van der Waals surface area contributed by atoms with E-state index in [0.717, 1.165) is 5.92 Å². The van der Waals surface area contributed by atoms with Gasteiger partial charge in [-0.1, -0.05) is 18.2 Å². The number of hydrogen-bond acceptors (Lipinski definition) is 1. The minimum atomic E-state index is 0.697. The first-order valence-corrected chi connectivity index (χ1v) is 4.61. The summed E-state index contributed by atoms with van der Waals surface area (Å²) in [7, 11) is 0. The van der Waals surface area contributed by atoms with Crippen molar-refractivity contribution in [2.75, 3.05) is 0 Å². The predicted octanol–water partition coefficient (Wildman–Crippen LogP) is 3.19. The third-order valence-electron chi connectivity index (χ3n) is 2.23. The fraction of sp³-hybridized carbons (Fsp3) is 0.545. The van der Waals surface area contributed by atoms with Crippen LogP contribution < -0.4 is 0 Å². The molecule has 0 saturated heterocycles. The predicted molar refractivity (Wildman–Crippen MR) is 54.3 cm³/mol. The lowest BCUT2D eigenvalue weighted by Gasteiger charge is -1.95. The molecule has 1 heteroatoms. The smallest absolute Gasteiger partial charge is 0.0393 e. The summed E-state index contributed by atoms with van der Waals surface area (Å²) in [5.74, 6) is 1.45. The zero-order valence-electron chi connectivity index (χ0n) is 8.12. The summed E-state index contributed by atoms with van der Waals surface area (Å²) < 4.78 is 0. The minimum Gasteiger partial charge on any atom is -0.266 e. The highest BCUT2D eigenvalue weighted by Gasteiger charge is 2.37. The number of rotatable bonds is 3. The van der Waals surface area contributed by atoms with Gasteiger partial charge in [0.1, 0.15) is 0 Å². The van der Waals surface area contributed by atoms with Gasteiger partial charge >= 0.3 is 0 Å². The Hall–Kier alpha value is -0.850. The molecule has 0 heterocycles. The summed E-state index contributed by atoms with van der Waals surface area (Å²) in [6.45, 7) is 6.11. The normalized spacial score (nSPS) is 30.4. The van der Waals surface area contributed by atoms with Crippen LogP contribution in [0.15, 0.2) is 28.9 Å². The summed E-state index contributed by atoms with van der Waals surface area (Å²) in [6.07, 6.45) is 9.68. The Bertz CT molecular complexity index is 223. The fourth-order valence-electron chi connectivity index (χ4n) is 1.55. The Balaban J connectivity index is 2.51. The van der Waals surface area contributed by atoms with Crippen molar-refractivity contribution in [3.8, 4) is 0 Å². The Morgan fingerprint density at radius 3 is 2.58 bits per heavy atom. The van der Waals surface area contributed by atoms with E-state index in [-0.39, 0.29) is 0 Å². The molecule has 0 aliphatic heterocycles. The Kier molecular flexibility index (Phi) is 3.27. The van der Waals surface area contributed by atoms with Crippen LogP contribution in [0.4, 0.5) is 0 Å². The molecule has 0 amide bonds. The first-order valence-electron chi connectivity index (χ1n) is 4.61. The zero-order valence-corrected chi connectivity index (χ0v) is 8.12. The van der Waals surface area contributed by atoms with Gasteiger partial charge in [-0.05, 0) is 33.1 Å². The highest BCUT2D eigenvalue weighted by Crippen LogP contribution is 2.45. The molecule has 1 aliphatic rings. The first kappa shape index (κ1) is 9.24. The van der Waals surface area contributed by atoms with E-state index < -0.39 is 0 Å². The molecule has 0 N–H and O–H groups in total. The molecule has 0 bridgehead atoms. The molecule has 1 nitrogen and oxygen atoms in total. The zero-order chi connectivity index (χ0) is 8.97.